The van der Waals surface area contributed by atoms with Crippen LogP contribution in [-0.2, 0) is 0 Å². The minimum atomic E-state index is 0.922. The summed E-state index contributed by atoms with van der Waals surface area (Å²) < 4.78 is 8.79. The summed E-state index contributed by atoms with van der Waals surface area (Å²) in [6.45, 7) is 0. The Balaban J connectivity index is 1.11. The van der Waals surface area contributed by atoms with Crippen LogP contribution < -0.4 is 4.90 Å². The third-order valence-electron chi connectivity index (χ3n) is 9.68. The molecule has 49 heavy (non-hydrogen) atoms. The van der Waals surface area contributed by atoms with Crippen LogP contribution in [-0.4, -0.2) is 0 Å². The third kappa shape index (κ3) is 4.62. The van der Waals surface area contributed by atoms with Crippen LogP contribution in [0, 0.1) is 0 Å². The average Bonchev–Trinajstić information content (AvgIpc) is 3.75. The lowest BCUT2D eigenvalue weighted by atomic mass is 9.98. The van der Waals surface area contributed by atoms with E-state index in [0.29, 0.717) is 0 Å². The highest BCUT2D eigenvalue weighted by Gasteiger charge is 2.19. The second-order valence-electron chi connectivity index (χ2n) is 12.5. The standard InChI is InChI=1S/C46H29NOS/c1-2-9-30(10-3-1)31-19-24-35(25-20-31)47(41-14-8-13-38-37-11-5-7-16-44(37)49-46(38)41)36-26-21-32(22-27-36)34-18-17-33-23-28-43-45(40(33)29-34)39-12-4-6-15-42(39)48-43/h1-29H. The van der Waals surface area contributed by atoms with Gasteiger partial charge >= 0.3 is 0 Å². The lowest BCUT2D eigenvalue weighted by Crippen LogP contribution is -2.10. The van der Waals surface area contributed by atoms with Gasteiger partial charge in [-0.2, -0.15) is 0 Å². The molecule has 0 atom stereocenters. The van der Waals surface area contributed by atoms with Gasteiger partial charge in [-0.25, -0.2) is 0 Å². The van der Waals surface area contributed by atoms with Crippen molar-refractivity contribution in [2.24, 2.45) is 0 Å². The molecule has 0 aliphatic rings. The van der Waals surface area contributed by atoms with Crippen LogP contribution in [0.25, 0.3) is 75.1 Å². The van der Waals surface area contributed by atoms with Crippen molar-refractivity contribution < 1.29 is 4.42 Å². The fourth-order valence-corrected chi connectivity index (χ4v) is 8.50. The van der Waals surface area contributed by atoms with E-state index in [2.05, 4.69) is 169 Å². The third-order valence-corrected chi connectivity index (χ3v) is 10.9. The highest BCUT2D eigenvalue weighted by atomic mass is 32.1. The molecule has 3 heteroatoms. The predicted octanol–water partition coefficient (Wildman–Crippen LogP) is 13.9. The summed E-state index contributed by atoms with van der Waals surface area (Å²) in [6.07, 6.45) is 0. The second kappa shape index (κ2) is 11.2. The van der Waals surface area contributed by atoms with Gasteiger partial charge in [0.15, 0.2) is 0 Å². The quantitative estimate of drug-likeness (QED) is 0.186. The lowest BCUT2D eigenvalue weighted by Gasteiger charge is -2.26. The zero-order valence-electron chi connectivity index (χ0n) is 26.5. The van der Waals surface area contributed by atoms with E-state index in [4.69, 9.17) is 4.42 Å². The van der Waals surface area contributed by atoms with Gasteiger partial charge in [-0.15, -0.1) is 11.3 Å². The van der Waals surface area contributed by atoms with Gasteiger partial charge in [-0.1, -0.05) is 121 Å². The summed E-state index contributed by atoms with van der Waals surface area (Å²) in [5.74, 6) is 0. The van der Waals surface area contributed by atoms with Crippen LogP contribution in [0.2, 0.25) is 0 Å². The first kappa shape index (κ1) is 27.9. The molecule has 10 rings (SSSR count). The first-order valence-electron chi connectivity index (χ1n) is 16.6. The molecule has 2 nitrogen and oxygen atoms in total. The van der Waals surface area contributed by atoms with E-state index >= 15 is 0 Å². The molecule has 0 unspecified atom stereocenters. The van der Waals surface area contributed by atoms with E-state index in [9.17, 15) is 0 Å². The van der Waals surface area contributed by atoms with Gasteiger partial charge in [0.05, 0.1) is 10.4 Å². The molecule has 10 aromatic rings. The molecule has 0 aliphatic carbocycles. The second-order valence-corrected chi connectivity index (χ2v) is 13.6. The Morgan fingerprint density at radius 2 is 1.02 bits per heavy atom. The average molecular weight is 644 g/mol. The van der Waals surface area contributed by atoms with Crippen molar-refractivity contribution in [2.75, 3.05) is 4.90 Å². The maximum Gasteiger partial charge on any atom is 0.136 e. The number of para-hydroxylation sites is 1. The van der Waals surface area contributed by atoms with Gasteiger partial charge in [0.1, 0.15) is 11.2 Å². The van der Waals surface area contributed by atoms with Crippen molar-refractivity contribution in [3.63, 3.8) is 0 Å². The smallest absolute Gasteiger partial charge is 0.136 e. The first-order valence-corrected chi connectivity index (χ1v) is 17.4. The van der Waals surface area contributed by atoms with Gasteiger partial charge in [-0.05, 0) is 87.6 Å². The van der Waals surface area contributed by atoms with E-state index in [1.165, 1.54) is 64.3 Å². The van der Waals surface area contributed by atoms with Gasteiger partial charge in [0.2, 0.25) is 0 Å². The summed E-state index contributed by atoms with van der Waals surface area (Å²) in [5, 5.41) is 7.33. The summed E-state index contributed by atoms with van der Waals surface area (Å²) in [6, 6.07) is 63.2. The van der Waals surface area contributed by atoms with Crippen molar-refractivity contribution in [2.45, 2.75) is 0 Å². The number of hydrogen-bond acceptors (Lipinski definition) is 3. The van der Waals surface area contributed by atoms with Crippen molar-refractivity contribution in [3.8, 4) is 22.3 Å². The van der Waals surface area contributed by atoms with Crippen molar-refractivity contribution >= 4 is 81.3 Å². The van der Waals surface area contributed by atoms with Crippen LogP contribution in [0.3, 0.4) is 0 Å². The molecule has 0 N–H and O–H groups in total. The fraction of sp³-hybridized carbons (Fsp3) is 0. The predicted molar refractivity (Wildman–Crippen MR) is 210 cm³/mol. The fourth-order valence-electron chi connectivity index (χ4n) is 7.29. The topological polar surface area (TPSA) is 16.4 Å². The van der Waals surface area contributed by atoms with Crippen LogP contribution in [0.4, 0.5) is 17.1 Å². The first-order chi connectivity index (χ1) is 24.3. The number of furan rings is 1. The minimum Gasteiger partial charge on any atom is -0.456 e. The van der Waals surface area contributed by atoms with Crippen molar-refractivity contribution in [1.82, 2.24) is 0 Å². The maximum atomic E-state index is 6.21. The summed E-state index contributed by atoms with van der Waals surface area (Å²) >= 11 is 1.86. The molecule has 0 saturated carbocycles. The Bertz CT molecular complexity index is 2810. The van der Waals surface area contributed by atoms with Gasteiger partial charge < -0.3 is 9.32 Å². The number of benzene rings is 8. The van der Waals surface area contributed by atoms with Gasteiger partial charge in [0.25, 0.3) is 0 Å². The number of thiophene rings is 1. The molecule has 0 aliphatic heterocycles. The van der Waals surface area contributed by atoms with Crippen LogP contribution in [0.15, 0.2) is 180 Å². The number of nitrogens with zero attached hydrogens (tertiary/aromatic N) is 1. The number of rotatable bonds is 5. The minimum absolute atomic E-state index is 0.922. The highest BCUT2D eigenvalue weighted by Crippen LogP contribution is 2.45. The zero-order valence-corrected chi connectivity index (χ0v) is 27.3. The summed E-state index contributed by atoms with van der Waals surface area (Å²) in [4.78, 5) is 2.40. The molecule has 0 spiro atoms. The number of anilines is 3. The zero-order chi connectivity index (χ0) is 32.3. The monoisotopic (exact) mass is 643 g/mol. The largest absolute Gasteiger partial charge is 0.456 e. The molecule has 0 fully saturated rings. The molecule has 8 aromatic carbocycles. The molecule has 0 bridgehead atoms. The molecular weight excluding hydrogens is 615 g/mol. The highest BCUT2D eigenvalue weighted by molar-refractivity contribution is 7.26. The number of hydrogen-bond donors (Lipinski definition) is 0. The summed E-state index contributed by atoms with van der Waals surface area (Å²) in [7, 11) is 0. The Morgan fingerprint density at radius 1 is 0.408 bits per heavy atom. The Hall–Kier alpha value is -6.16. The van der Waals surface area contributed by atoms with Crippen molar-refractivity contribution in [3.05, 3.63) is 176 Å². The van der Waals surface area contributed by atoms with E-state index in [0.717, 1.165) is 27.9 Å². The van der Waals surface area contributed by atoms with Crippen LogP contribution in [0.5, 0.6) is 0 Å². The van der Waals surface area contributed by atoms with Crippen LogP contribution in [0.1, 0.15) is 0 Å². The van der Waals surface area contributed by atoms with E-state index in [-0.39, 0.29) is 0 Å². The normalized spacial score (nSPS) is 11.7. The van der Waals surface area contributed by atoms with E-state index in [1.54, 1.807) is 0 Å². The van der Waals surface area contributed by atoms with Gasteiger partial charge in [-0.3, -0.25) is 0 Å². The number of fused-ring (bicyclic) bond motifs is 8. The SMILES string of the molecule is c1ccc(-c2ccc(N(c3ccc(-c4ccc5ccc6oc7ccccc7c6c5c4)cc3)c3cccc4c3sc3ccccc34)cc2)cc1. The molecule has 0 saturated heterocycles. The molecule has 0 amide bonds. The van der Waals surface area contributed by atoms with Gasteiger partial charge in [0, 0.05) is 37.6 Å². The van der Waals surface area contributed by atoms with Crippen LogP contribution >= 0.6 is 11.3 Å². The Morgan fingerprint density at radius 3 is 1.82 bits per heavy atom. The summed E-state index contributed by atoms with van der Waals surface area (Å²) in [5.41, 5.74) is 10.0. The lowest BCUT2D eigenvalue weighted by molar-refractivity contribution is 0.669. The van der Waals surface area contributed by atoms with E-state index < -0.39 is 0 Å². The molecular formula is C46H29NOS. The van der Waals surface area contributed by atoms with E-state index in [1.807, 2.05) is 23.5 Å². The molecule has 2 heterocycles. The van der Waals surface area contributed by atoms with Crippen molar-refractivity contribution in [1.29, 1.82) is 0 Å². The molecule has 0 radical (unpaired) electrons. The Kier molecular flexibility index (Phi) is 6.39. The molecule has 2 aromatic heterocycles. The molecule has 230 valence electrons. The Labute approximate surface area is 287 Å². The maximum absolute atomic E-state index is 6.21.